The molecule has 7 heterocycles. The Labute approximate surface area is 654 Å². The predicted octanol–water partition coefficient (Wildman–Crippen LogP) is 3.12. The minimum atomic E-state index is -2.28. The fourth-order valence-electron chi connectivity index (χ4n) is 14.3. The number of aliphatic carboxylic acids is 2. The standard InChI is InChI=1S/C77H85Cl2N7O27/c1-31(2)16-45(80)72(101)85-61-48(91)20-38(23-56(81)93)70(99)83-59-37-21-52(109-50-14-11-35(63(61)94)18-43(50)78)67(113-76-68(66(97)65(96)55(29-87)111-76)112-57-27-77(4,69(98)32(3)108-57)82-28-54(74(103)104)107-30-33-8-6-5-7-9-33)53(22-37)110-51-15-12-36(19-44(51)79)64(95)62-73(102)84-60(75(105)106)42-24-39(88)25-47(90)58(42)41-17-34(10-13-46(41)89)40(26-49(59)92)71(100)86-62/h5-15,17-19,21-22,24-25,31-32,38,40,45,54-55,57,59-66,68-69,76,82,87-90,94-98H,16,20,23,26-30,80H2,1-4H3,(H2,81,93)(H,83,99)(H,84,102)(H,85,101)(H,86,100)(H,103,104)(H,105,106)/t32?,38?,40?,45-,54?,55?,57?,59?,60?,61-,62+,63?,64-,65?,66?,68?,69?,76?,77?/m1/s1. The van der Waals surface area contributed by atoms with E-state index in [9.17, 15) is 84.9 Å². The Hall–Kier alpha value is -10.2. The molecule has 0 spiro atoms. The minimum Gasteiger partial charge on any atom is -0.508 e. The van der Waals surface area contributed by atoms with Crippen LogP contribution in [0.1, 0.15) is 123 Å². The zero-order chi connectivity index (χ0) is 81.9. The Morgan fingerprint density at radius 3 is 1.97 bits per heavy atom. The largest absolute Gasteiger partial charge is 0.508 e. The van der Waals surface area contributed by atoms with Gasteiger partial charge in [0.2, 0.25) is 41.6 Å². The topological polar surface area (TPSA) is 553 Å². The summed E-state index contributed by atoms with van der Waals surface area (Å²) < 4.78 is 44.9. The van der Waals surface area contributed by atoms with Gasteiger partial charge in [-0.1, -0.05) is 85.6 Å². The van der Waals surface area contributed by atoms with Gasteiger partial charge in [-0.3, -0.25) is 33.6 Å². The van der Waals surface area contributed by atoms with Crippen molar-refractivity contribution in [3.8, 4) is 57.1 Å². The highest BCUT2D eigenvalue weighted by Gasteiger charge is 2.53. The molecular weight excluding hydrogens is 1530 g/mol. The molecule has 604 valence electrons. The zero-order valence-electron chi connectivity index (χ0n) is 60.9. The number of hydrogen-bond donors (Lipinski definition) is 18. The van der Waals surface area contributed by atoms with E-state index in [-0.39, 0.29) is 59.4 Å². The number of hydrogen-bond acceptors (Lipinski definition) is 27. The van der Waals surface area contributed by atoms with E-state index in [0.717, 1.165) is 66.7 Å². The Morgan fingerprint density at radius 1 is 0.717 bits per heavy atom. The van der Waals surface area contributed by atoms with Gasteiger partial charge in [0.25, 0.3) is 0 Å². The minimum absolute atomic E-state index is 0.0809. The van der Waals surface area contributed by atoms with Gasteiger partial charge >= 0.3 is 11.9 Å². The molecule has 2 saturated heterocycles. The van der Waals surface area contributed by atoms with Gasteiger partial charge in [0.1, 0.15) is 77.4 Å². The molecule has 34 nitrogen and oxygen atoms in total. The summed E-state index contributed by atoms with van der Waals surface area (Å²) in [4.78, 5) is 130. The number of rotatable bonds is 19. The van der Waals surface area contributed by atoms with Crippen LogP contribution in [0.2, 0.25) is 10.0 Å². The lowest BCUT2D eigenvalue weighted by atomic mass is 9.84. The van der Waals surface area contributed by atoms with E-state index in [1.807, 2.05) is 0 Å². The molecule has 7 aliphatic heterocycles. The van der Waals surface area contributed by atoms with E-state index in [0.29, 0.717) is 5.56 Å². The first-order chi connectivity index (χ1) is 53.5. The summed E-state index contributed by atoms with van der Waals surface area (Å²) in [5.41, 5.74) is 8.58. The number of carboxylic acids is 2. The number of carbonyl (C=O) groups is 9. The number of aromatic hydroxyl groups is 3. The lowest BCUT2D eigenvalue weighted by molar-refractivity contribution is -0.334. The molecule has 2 fully saturated rings. The number of halogens is 2. The van der Waals surface area contributed by atoms with Crippen LogP contribution in [-0.4, -0.2) is 201 Å². The van der Waals surface area contributed by atoms with Crippen molar-refractivity contribution < 1.29 is 132 Å². The highest BCUT2D eigenvalue weighted by atomic mass is 35.5. The second-order valence-electron chi connectivity index (χ2n) is 29.0. The fourth-order valence-corrected chi connectivity index (χ4v) is 14.7. The smallest absolute Gasteiger partial charge is 0.334 e. The summed E-state index contributed by atoms with van der Waals surface area (Å²) in [5, 5.41) is 138. The summed E-state index contributed by atoms with van der Waals surface area (Å²) in [6.07, 6.45) is -23.3. The van der Waals surface area contributed by atoms with Gasteiger partial charge in [0.15, 0.2) is 47.6 Å². The number of aliphatic hydroxyl groups is 6. The van der Waals surface area contributed by atoms with Crippen molar-refractivity contribution in [3.63, 3.8) is 0 Å². The number of benzene rings is 6. The molecule has 5 amide bonds. The molecule has 113 heavy (non-hydrogen) atoms. The van der Waals surface area contributed by atoms with Crippen LogP contribution in [0.25, 0.3) is 11.1 Å². The van der Waals surface area contributed by atoms with Gasteiger partial charge in [-0.05, 0) is 109 Å². The van der Waals surface area contributed by atoms with E-state index >= 15 is 14.4 Å². The summed E-state index contributed by atoms with van der Waals surface area (Å²) in [6, 6.07) is 12.5. The van der Waals surface area contributed by atoms with Gasteiger partial charge in [-0.15, -0.1) is 0 Å². The van der Waals surface area contributed by atoms with Crippen LogP contribution in [0, 0.1) is 11.8 Å². The van der Waals surface area contributed by atoms with Gasteiger partial charge in [-0.2, -0.15) is 0 Å². The van der Waals surface area contributed by atoms with Crippen molar-refractivity contribution in [2.45, 2.75) is 176 Å². The van der Waals surface area contributed by atoms with Crippen molar-refractivity contribution in [2.24, 2.45) is 23.3 Å². The first-order valence-electron chi connectivity index (χ1n) is 35.8. The maximum absolute atomic E-state index is 16.3. The molecule has 13 rings (SSSR count). The third-order valence-electron chi connectivity index (χ3n) is 20.3. The SMILES string of the molecule is CC(C)C[C@@H](N)C(=O)N[C@@H]1C(=O)CC(CC(N)=O)C(=O)NC2C(=O)CC3C(=O)N[C@H](C(=O)NC(C(=O)O)c4cc(O)cc(O)c4-c4cc3ccc4O)[C@H](O)c3ccc(c(Cl)c3)Oc3cc2cc(c3OC2OC(CO)C(O)C(O)C2OC2CC(C)(NCC(OCc3ccccc3)C(=O)O)C(O)C(C)O2)Oc2ccc(cc2Cl)C1O. The Morgan fingerprint density at radius 2 is 1.36 bits per heavy atom. The molecule has 15 unspecified atom stereocenters. The lowest BCUT2D eigenvalue weighted by Crippen LogP contribution is -2.66. The van der Waals surface area contributed by atoms with E-state index < -0.39 is 262 Å². The maximum Gasteiger partial charge on any atom is 0.334 e. The first kappa shape index (κ1) is 83.8. The fraction of sp³-hybridized carbons (Fsp3) is 0.416. The van der Waals surface area contributed by atoms with Gasteiger partial charge in [-0.25, -0.2) is 9.59 Å². The van der Waals surface area contributed by atoms with Crippen molar-refractivity contribution in [3.05, 3.63) is 153 Å². The first-order valence-corrected chi connectivity index (χ1v) is 36.6. The molecule has 0 aliphatic carbocycles. The van der Waals surface area contributed by atoms with E-state index in [2.05, 4.69) is 26.6 Å². The molecule has 0 radical (unpaired) electrons. The lowest BCUT2D eigenvalue weighted by Gasteiger charge is -2.48. The number of amides is 5. The Balaban J connectivity index is 1.11. The number of Topliss-reactive ketones (excluding diaryl/α,β-unsaturated/α-hetero) is 2. The molecule has 0 aromatic heterocycles. The Bertz CT molecular complexity index is 4640. The number of phenols is 3. The number of primary amides is 1. The number of ketones is 2. The number of carbonyl (C=O) groups excluding carboxylic acids is 7. The number of fused-ring (bicyclic) bond motifs is 15. The highest BCUT2D eigenvalue weighted by molar-refractivity contribution is 6.32. The predicted molar refractivity (Wildman–Crippen MR) is 394 cm³/mol. The van der Waals surface area contributed by atoms with Crippen molar-refractivity contribution >= 4 is 76.2 Å². The summed E-state index contributed by atoms with van der Waals surface area (Å²) in [7, 11) is 0. The normalized spacial score (nSPS) is 27.9. The molecule has 36 heteroatoms. The van der Waals surface area contributed by atoms with Gasteiger partial charge in [0, 0.05) is 60.5 Å². The van der Waals surface area contributed by atoms with Crippen LogP contribution in [0.15, 0.2) is 109 Å². The molecule has 20 N–H and O–H groups in total. The summed E-state index contributed by atoms with van der Waals surface area (Å²) in [6.45, 7) is 5.02. The van der Waals surface area contributed by atoms with Gasteiger partial charge < -0.3 is 127 Å². The van der Waals surface area contributed by atoms with E-state index in [4.69, 9.17) is 67.8 Å². The molecule has 6 aromatic carbocycles. The third kappa shape index (κ3) is 18.7. The summed E-state index contributed by atoms with van der Waals surface area (Å²) in [5.74, 6) is -20.8. The molecule has 0 saturated carbocycles. The number of carboxylic acid groups (broad SMARTS) is 2. The quantitative estimate of drug-likeness (QED) is 0.0554. The number of phenolic OH excluding ortho intramolecular Hbond substituents is 3. The second-order valence-corrected chi connectivity index (χ2v) is 29.8. The van der Waals surface area contributed by atoms with Crippen LogP contribution in [-0.2, 0) is 68.7 Å². The second kappa shape index (κ2) is 35.1. The molecule has 19 atom stereocenters. The van der Waals surface area contributed by atoms with Crippen LogP contribution in [0.4, 0.5) is 0 Å². The average Bonchev–Trinajstić information content (AvgIpc) is 0.771. The van der Waals surface area contributed by atoms with Crippen molar-refractivity contribution in [1.82, 2.24) is 26.6 Å². The zero-order valence-corrected chi connectivity index (χ0v) is 62.4. The van der Waals surface area contributed by atoms with Gasteiger partial charge in [0.05, 0.1) is 53.3 Å². The molecule has 7 aliphatic rings. The summed E-state index contributed by atoms with van der Waals surface area (Å²) >= 11 is 14.2. The number of nitrogens with two attached hydrogens (primary N) is 2. The van der Waals surface area contributed by atoms with E-state index in [1.54, 1.807) is 44.2 Å². The molecule has 11 bridgehead atoms. The monoisotopic (exact) mass is 1610 g/mol. The molecule has 6 aromatic rings. The van der Waals surface area contributed by atoms with E-state index in [1.165, 1.54) is 26.0 Å². The van der Waals surface area contributed by atoms with Crippen LogP contribution < -0.4 is 52.3 Å². The molecular formula is C77H85Cl2N7O27. The van der Waals surface area contributed by atoms with Crippen molar-refractivity contribution in [2.75, 3.05) is 13.2 Å². The highest BCUT2D eigenvalue weighted by Crippen LogP contribution is 2.50. The van der Waals surface area contributed by atoms with Crippen LogP contribution >= 0.6 is 23.2 Å². The number of nitrogens with one attached hydrogen (secondary N) is 5. The number of ether oxygens (including phenoxy) is 7. The average molecular weight is 1610 g/mol. The maximum atomic E-state index is 16.3. The van der Waals surface area contributed by atoms with Crippen molar-refractivity contribution in [1.29, 1.82) is 0 Å². The van der Waals surface area contributed by atoms with Crippen LogP contribution in [0.3, 0.4) is 0 Å². The van der Waals surface area contributed by atoms with Crippen LogP contribution in [0.5, 0.6) is 46.0 Å². The number of aliphatic hydroxyl groups excluding tert-OH is 6. The Kier molecular flexibility index (Phi) is 26.0. The third-order valence-corrected chi connectivity index (χ3v) is 20.9.